The normalized spacial score (nSPS) is 17.2. The summed E-state index contributed by atoms with van der Waals surface area (Å²) < 4.78 is 99.2. The number of sulfonamides is 1. The third-order valence-electron chi connectivity index (χ3n) is 7.90. The highest BCUT2D eigenvalue weighted by Gasteiger charge is 2.50. The van der Waals surface area contributed by atoms with Crippen molar-refractivity contribution in [2.75, 3.05) is 13.1 Å². The molecule has 1 saturated heterocycles. The third-order valence-corrected chi connectivity index (χ3v) is 9.85. The van der Waals surface area contributed by atoms with Crippen LogP contribution in [0.3, 0.4) is 0 Å². The number of carboxylic acid groups (broad SMARTS) is 1. The molecule has 0 bridgehead atoms. The van der Waals surface area contributed by atoms with E-state index in [2.05, 4.69) is 20.7 Å². The smallest absolute Gasteiger partial charge is 0.490 e. The van der Waals surface area contributed by atoms with Gasteiger partial charge in [0.15, 0.2) is 6.04 Å². The van der Waals surface area contributed by atoms with E-state index in [0.717, 1.165) is 31.1 Å². The third kappa shape index (κ3) is 9.39. The Morgan fingerprint density at radius 1 is 0.915 bits per heavy atom. The lowest BCUT2D eigenvalue weighted by molar-refractivity contribution is -0.192. The maximum absolute atomic E-state index is 15.9. The minimum Gasteiger partial charge on any atom is -0.490 e. The van der Waals surface area contributed by atoms with E-state index in [4.69, 9.17) is 20.4 Å². The van der Waals surface area contributed by atoms with Crippen molar-refractivity contribution < 1.29 is 49.8 Å². The predicted molar refractivity (Wildman–Crippen MR) is 166 cm³/mol. The van der Waals surface area contributed by atoms with Crippen LogP contribution in [0.4, 0.5) is 22.0 Å². The number of benzene rings is 3. The number of hydrogen-bond donors (Lipinski definition) is 3. The summed E-state index contributed by atoms with van der Waals surface area (Å²) in [5.74, 6) is -6.87. The first-order valence-electron chi connectivity index (χ1n) is 14.7. The van der Waals surface area contributed by atoms with Crippen LogP contribution >= 0.6 is 15.9 Å². The van der Waals surface area contributed by atoms with Crippen molar-refractivity contribution >= 4 is 48.6 Å². The number of halogens is 6. The fourth-order valence-electron chi connectivity index (χ4n) is 5.28. The number of rotatable bonds is 8. The molecule has 1 heterocycles. The molecule has 1 atom stereocenters. The highest BCUT2D eigenvalue weighted by atomic mass is 79.9. The van der Waals surface area contributed by atoms with Gasteiger partial charge in [0.1, 0.15) is 5.75 Å². The van der Waals surface area contributed by atoms with Crippen LogP contribution < -0.4 is 15.2 Å². The van der Waals surface area contributed by atoms with E-state index >= 15 is 8.78 Å². The summed E-state index contributed by atoms with van der Waals surface area (Å²) in [4.78, 5) is 23.4. The zero-order chi connectivity index (χ0) is 34.6. The molecule has 47 heavy (non-hydrogen) atoms. The van der Waals surface area contributed by atoms with E-state index in [1.165, 1.54) is 41.3 Å². The van der Waals surface area contributed by atoms with Crippen molar-refractivity contribution in [1.29, 1.82) is 0 Å². The van der Waals surface area contributed by atoms with E-state index in [-0.39, 0.29) is 30.1 Å². The van der Waals surface area contributed by atoms with E-state index in [1.807, 2.05) is 6.07 Å². The Bertz CT molecular complexity index is 1680. The quantitative estimate of drug-likeness (QED) is 0.242. The van der Waals surface area contributed by atoms with Crippen LogP contribution in [0.2, 0.25) is 0 Å². The molecule has 3 aromatic rings. The van der Waals surface area contributed by atoms with Gasteiger partial charge in [0.2, 0.25) is 15.9 Å². The van der Waals surface area contributed by atoms with Gasteiger partial charge in [-0.25, -0.2) is 13.2 Å². The largest absolute Gasteiger partial charge is 0.490 e. The number of hydrogen-bond acceptors (Lipinski definition) is 6. The second-order valence-corrected chi connectivity index (χ2v) is 14.0. The van der Waals surface area contributed by atoms with Crippen molar-refractivity contribution in [3.63, 3.8) is 0 Å². The van der Waals surface area contributed by atoms with Crippen molar-refractivity contribution in [2.45, 2.75) is 73.7 Å². The molecule has 1 aliphatic carbocycles. The fraction of sp³-hybridized carbons (Fsp3) is 0.419. The summed E-state index contributed by atoms with van der Waals surface area (Å²) in [5, 5.41) is 8.49. The number of ether oxygens (including phenoxy) is 1. The molecule has 2 aliphatic rings. The van der Waals surface area contributed by atoms with Crippen molar-refractivity contribution in [2.24, 2.45) is 5.73 Å². The molecule has 4 N–H and O–H groups in total. The zero-order valence-corrected chi connectivity index (χ0v) is 27.3. The van der Waals surface area contributed by atoms with Crippen LogP contribution in [0.15, 0.2) is 70.0 Å². The lowest BCUT2D eigenvalue weighted by Gasteiger charge is -2.35. The number of nitrogens with one attached hydrogen (secondary N) is 1. The van der Waals surface area contributed by atoms with Crippen LogP contribution in [0, 0.1) is 0 Å². The summed E-state index contributed by atoms with van der Waals surface area (Å²) in [6, 6.07) is 12.5. The molecule has 0 unspecified atom stereocenters. The second kappa shape index (κ2) is 14.8. The molecule has 0 radical (unpaired) electrons. The first-order valence-corrected chi connectivity index (χ1v) is 17.0. The zero-order valence-electron chi connectivity index (χ0n) is 24.9. The van der Waals surface area contributed by atoms with Crippen LogP contribution in [0.5, 0.6) is 5.75 Å². The number of nitrogens with two attached hydrogens (primary N) is 1. The minimum absolute atomic E-state index is 0.132. The van der Waals surface area contributed by atoms with Crippen LogP contribution in [0.25, 0.3) is 10.8 Å². The number of amides is 1. The molecule has 16 heteroatoms. The molecule has 2 fully saturated rings. The summed E-state index contributed by atoms with van der Waals surface area (Å²) in [7, 11) is -4.52. The first-order chi connectivity index (χ1) is 22.0. The SMILES string of the molecule is NC1CCN(C(=O)[C@@H](NS(=O)(=O)c2ccc3cc(OC4CCCC4)ccc3c2)C(F)(F)c2ccc(Br)cc2)CC1.O=C(O)C(F)(F)F. The molecule has 1 aliphatic heterocycles. The molecule has 0 spiro atoms. The van der Waals surface area contributed by atoms with Crippen molar-refractivity contribution in [1.82, 2.24) is 9.62 Å². The average Bonchev–Trinajstić information content (AvgIpc) is 3.53. The van der Waals surface area contributed by atoms with Gasteiger partial charge in [0.25, 0.3) is 5.92 Å². The predicted octanol–water partition coefficient (Wildman–Crippen LogP) is 5.95. The summed E-state index contributed by atoms with van der Waals surface area (Å²) in [6.45, 7) is 0.353. The topological polar surface area (TPSA) is 139 Å². The van der Waals surface area contributed by atoms with Crippen molar-refractivity contribution in [3.05, 3.63) is 70.7 Å². The van der Waals surface area contributed by atoms with Gasteiger partial charge in [-0.05, 0) is 85.7 Å². The molecule has 1 amide bonds. The van der Waals surface area contributed by atoms with Gasteiger partial charge in [0, 0.05) is 29.2 Å². The minimum atomic E-state index is -5.08. The van der Waals surface area contributed by atoms with E-state index in [0.29, 0.717) is 28.5 Å². The fourth-order valence-corrected chi connectivity index (χ4v) is 6.77. The van der Waals surface area contributed by atoms with E-state index in [9.17, 15) is 26.4 Å². The molecule has 9 nitrogen and oxygen atoms in total. The number of piperidine rings is 1. The number of carbonyl (C=O) groups excluding carboxylic acids is 1. The maximum atomic E-state index is 15.9. The Morgan fingerprint density at radius 2 is 1.47 bits per heavy atom. The average molecular weight is 751 g/mol. The van der Waals surface area contributed by atoms with E-state index in [1.54, 1.807) is 18.2 Å². The molecule has 3 aromatic carbocycles. The summed E-state index contributed by atoms with van der Waals surface area (Å²) in [5.41, 5.74) is 5.45. The summed E-state index contributed by atoms with van der Waals surface area (Å²) >= 11 is 3.22. The lowest BCUT2D eigenvalue weighted by atomic mass is 9.99. The number of aliphatic carboxylic acids is 1. The molecule has 0 aromatic heterocycles. The highest BCUT2D eigenvalue weighted by molar-refractivity contribution is 9.10. The highest BCUT2D eigenvalue weighted by Crippen LogP contribution is 2.35. The maximum Gasteiger partial charge on any atom is 0.490 e. The van der Waals surface area contributed by atoms with Crippen LogP contribution in [-0.2, 0) is 25.5 Å². The van der Waals surface area contributed by atoms with Gasteiger partial charge in [-0.2, -0.15) is 26.7 Å². The van der Waals surface area contributed by atoms with Gasteiger partial charge >= 0.3 is 12.1 Å². The monoisotopic (exact) mass is 749 g/mol. The Kier molecular flexibility index (Phi) is 11.5. The summed E-state index contributed by atoms with van der Waals surface area (Å²) in [6.07, 6.45) is 0.299. The Hall–Kier alpha value is -3.34. The Labute approximate surface area is 276 Å². The molecule has 5 rings (SSSR count). The number of carboxylic acids is 1. The number of alkyl halides is 5. The van der Waals surface area contributed by atoms with E-state index < -0.39 is 45.6 Å². The van der Waals surface area contributed by atoms with Crippen LogP contribution in [0.1, 0.15) is 44.1 Å². The Morgan fingerprint density at radius 3 is 2.04 bits per heavy atom. The standard InChI is InChI=1S/C29H32BrF2N3O4S.C2HF3O2/c30-22-9-7-21(8-10-22)29(31,32)27(28(36)35-15-13-23(33)14-16-35)34-40(37,38)26-12-6-19-17-25(11-5-20(19)18-26)39-24-3-1-2-4-24;3-2(4,5)1(6)7/h5-12,17-18,23-24,27,34H,1-4,13-16,33H2;(H,6,7)/t27-;/m1./s1. The van der Waals surface area contributed by atoms with Crippen molar-refractivity contribution in [3.8, 4) is 5.75 Å². The van der Waals surface area contributed by atoms with Gasteiger partial charge < -0.3 is 20.5 Å². The van der Waals surface area contributed by atoms with Gasteiger partial charge in [-0.15, -0.1) is 0 Å². The Balaban J connectivity index is 0.000000644. The number of carbonyl (C=O) groups is 2. The van der Waals surface area contributed by atoms with Gasteiger partial charge in [-0.1, -0.05) is 40.2 Å². The molecular weight excluding hydrogens is 717 g/mol. The van der Waals surface area contributed by atoms with Crippen LogP contribution in [-0.4, -0.2) is 67.8 Å². The second-order valence-electron chi connectivity index (χ2n) is 11.3. The lowest BCUT2D eigenvalue weighted by Crippen LogP contribution is -2.57. The first kappa shape index (κ1) is 36.5. The number of nitrogens with zero attached hydrogens (tertiary/aromatic N) is 1. The van der Waals surface area contributed by atoms with Gasteiger partial charge in [-0.3, -0.25) is 4.79 Å². The number of fused-ring (bicyclic) bond motifs is 1. The molecule has 256 valence electrons. The number of likely N-dealkylation sites (tertiary alicyclic amines) is 1. The van der Waals surface area contributed by atoms with Gasteiger partial charge in [0.05, 0.1) is 11.0 Å². The molecular formula is C31H33BrF5N3O6S. The molecule has 1 saturated carbocycles.